The van der Waals surface area contributed by atoms with E-state index in [1.54, 1.807) is 10.5 Å². The van der Waals surface area contributed by atoms with E-state index in [0.29, 0.717) is 15.3 Å². The maximum Gasteiger partial charge on any atom is 0.275 e. The van der Waals surface area contributed by atoms with E-state index in [1.165, 1.54) is 16.9 Å². The van der Waals surface area contributed by atoms with Crippen LogP contribution < -0.4 is 10.1 Å². The van der Waals surface area contributed by atoms with Gasteiger partial charge in [-0.3, -0.25) is 4.79 Å². The van der Waals surface area contributed by atoms with Crippen LogP contribution in [0.4, 0.5) is 0 Å². The molecule has 3 heterocycles. The van der Waals surface area contributed by atoms with Crippen molar-refractivity contribution < 1.29 is 4.42 Å². The zero-order valence-corrected chi connectivity index (χ0v) is 16.7. The molecule has 0 saturated heterocycles. The fourth-order valence-electron chi connectivity index (χ4n) is 3.14. The van der Waals surface area contributed by atoms with Crippen LogP contribution >= 0.6 is 27.3 Å². The molecule has 6 heteroatoms. The molecule has 27 heavy (non-hydrogen) atoms. The molecular weight excluding hydrogens is 424 g/mol. The Hall–Kier alpha value is -2.70. The molecule has 0 spiro atoms. The van der Waals surface area contributed by atoms with Crippen LogP contribution in [-0.4, -0.2) is 9.38 Å². The Balaban J connectivity index is 1.62. The normalized spacial score (nSPS) is 12.4. The molecule has 3 aromatic heterocycles. The standard InChI is InChI=1S/C21H13BrN2O2S/c1-12-6-8-14(15(22)10-12)18-9-7-13(26-18)11-19-20(25)24-17-5-3-2-4-16(17)23-21(24)27-19/h2-11H,1H3. The number of hydrogen-bond acceptors (Lipinski definition) is 4. The highest BCUT2D eigenvalue weighted by Gasteiger charge is 2.12. The van der Waals surface area contributed by atoms with Gasteiger partial charge in [-0.15, -0.1) is 0 Å². The summed E-state index contributed by atoms with van der Waals surface area (Å²) in [5.74, 6) is 1.40. The van der Waals surface area contributed by atoms with Crippen molar-refractivity contribution in [2.24, 2.45) is 0 Å². The third kappa shape index (κ3) is 2.72. The van der Waals surface area contributed by atoms with Crippen LogP contribution in [0, 0.1) is 6.92 Å². The van der Waals surface area contributed by atoms with E-state index in [0.717, 1.165) is 26.8 Å². The summed E-state index contributed by atoms with van der Waals surface area (Å²) in [5, 5.41) is 0. The lowest BCUT2D eigenvalue weighted by atomic mass is 10.1. The van der Waals surface area contributed by atoms with Crippen LogP contribution in [0.5, 0.6) is 0 Å². The largest absolute Gasteiger partial charge is 0.457 e. The van der Waals surface area contributed by atoms with Gasteiger partial charge in [0.25, 0.3) is 5.56 Å². The highest BCUT2D eigenvalue weighted by molar-refractivity contribution is 9.10. The molecule has 0 bridgehead atoms. The Kier molecular flexibility index (Phi) is 3.77. The zero-order valence-electron chi connectivity index (χ0n) is 14.3. The Morgan fingerprint density at radius 1 is 1.15 bits per heavy atom. The number of fused-ring (bicyclic) bond motifs is 3. The minimum atomic E-state index is -0.0711. The van der Waals surface area contributed by atoms with Gasteiger partial charge in [0, 0.05) is 16.1 Å². The average molecular weight is 437 g/mol. The van der Waals surface area contributed by atoms with E-state index in [1.807, 2.05) is 55.5 Å². The second kappa shape index (κ2) is 6.18. The van der Waals surface area contributed by atoms with Crippen LogP contribution in [0.2, 0.25) is 0 Å². The van der Waals surface area contributed by atoms with E-state index >= 15 is 0 Å². The molecule has 5 aromatic rings. The number of furan rings is 1. The van der Waals surface area contributed by atoms with Crippen LogP contribution in [0.3, 0.4) is 0 Å². The van der Waals surface area contributed by atoms with Gasteiger partial charge in [0.05, 0.1) is 11.0 Å². The zero-order chi connectivity index (χ0) is 18.5. The number of imidazole rings is 1. The van der Waals surface area contributed by atoms with Crippen molar-refractivity contribution >= 4 is 49.3 Å². The third-order valence-corrected chi connectivity index (χ3v) is 6.06. The number of aryl methyl sites for hydroxylation is 1. The van der Waals surface area contributed by atoms with Crippen LogP contribution in [-0.2, 0) is 0 Å². The van der Waals surface area contributed by atoms with Gasteiger partial charge in [-0.25, -0.2) is 9.38 Å². The van der Waals surface area contributed by atoms with Crippen LogP contribution in [0.1, 0.15) is 11.3 Å². The lowest BCUT2D eigenvalue weighted by Gasteiger charge is -2.01. The lowest BCUT2D eigenvalue weighted by molar-refractivity contribution is 0.571. The minimum Gasteiger partial charge on any atom is -0.457 e. The van der Waals surface area contributed by atoms with E-state index < -0.39 is 0 Å². The van der Waals surface area contributed by atoms with Gasteiger partial charge in [-0.05, 0) is 48.9 Å². The molecule has 0 aliphatic carbocycles. The van der Waals surface area contributed by atoms with Gasteiger partial charge < -0.3 is 4.42 Å². The molecule has 0 fully saturated rings. The van der Waals surface area contributed by atoms with Crippen molar-refractivity contribution in [2.45, 2.75) is 6.92 Å². The molecule has 0 radical (unpaired) electrons. The van der Waals surface area contributed by atoms with Crippen molar-refractivity contribution in [1.82, 2.24) is 9.38 Å². The van der Waals surface area contributed by atoms with E-state index in [9.17, 15) is 4.79 Å². The van der Waals surface area contributed by atoms with Gasteiger partial charge in [-0.2, -0.15) is 0 Å². The second-order valence-electron chi connectivity index (χ2n) is 6.32. The maximum atomic E-state index is 12.8. The summed E-state index contributed by atoms with van der Waals surface area (Å²) in [6.45, 7) is 2.04. The predicted molar refractivity (Wildman–Crippen MR) is 112 cm³/mol. The fourth-order valence-corrected chi connectivity index (χ4v) is 4.79. The average Bonchev–Trinajstić information content (AvgIpc) is 3.31. The monoisotopic (exact) mass is 436 g/mol. The first kappa shape index (κ1) is 16.5. The number of nitrogens with zero attached hydrogens (tertiary/aromatic N) is 2. The molecule has 2 aromatic carbocycles. The van der Waals surface area contributed by atoms with Crippen molar-refractivity contribution in [2.75, 3.05) is 0 Å². The summed E-state index contributed by atoms with van der Waals surface area (Å²) in [5.41, 5.74) is 3.75. The molecule has 0 N–H and O–H groups in total. The molecule has 0 aliphatic rings. The summed E-state index contributed by atoms with van der Waals surface area (Å²) in [7, 11) is 0. The van der Waals surface area contributed by atoms with Crippen molar-refractivity contribution in [1.29, 1.82) is 0 Å². The molecular formula is C21H13BrN2O2S. The van der Waals surface area contributed by atoms with Gasteiger partial charge in [0.15, 0.2) is 4.96 Å². The van der Waals surface area contributed by atoms with Gasteiger partial charge in [0.1, 0.15) is 16.1 Å². The Morgan fingerprint density at radius 2 is 2.00 bits per heavy atom. The predicted octanol–water partition coefficient (Wildman–Crippen LogP) is 4.79. The molecule has 0 atom stereocenters. The molecule has 0 saturated carbocycles. The summed E-state index contributed by atoms with van der Waals surface area (Å²) in [6, 6.07) is 17.6. The molecule has 5 rings (SSSR count). The minimum absolute atomic E-state index is 0.0711. The Morgan fingerprint density at radius 3 is 2.85 bits per heavy atom. The SMILES string of the molecule is Cc1ccc(-c2ccc(C=c3sc4nc5ccccc5n4c3=O)o2)c(Br)c1. The van der Waals surface area contributed by atoms with Crippen LogP contribution in [0.15, 0.2) is 68.3 Å². The van der Waals surface area contributed by atoms with E-state index in [2.05, 4.69) is 27.0 Å². The highest BCUT2D eigenvalue weighted by atomic mass is 79.9. The van der Waals surface area contributed by atoms with Gasteiger partial charge >= 0.3 is 0 Å². The molecule has 132 valence electrons. The smallest absolute Gasteiger partial charge is 0.275 e. The molecule has 0 amide bonds. The molecule has 0 aliphatic heterocycles. The van der Waals surface area contributed by atoms with Crippen LogP contribution in [0.25, 0.3) is 33.4 Å². The first-order valence-electron chi connectivity index (χ1n) is 8.38. The summed E-state index contributed by atoms with van der Waals surface area (Å²) in [6.07, 6.45) is 1.78. The third-order valence-electron chi connectivity index (χ3n) is 4.44. The summed E-state index contributed by atoms with van der Waals surface area (Å²) >= 11 is 4.95. The quantitative estimate of drug-likeness (QED) is 0.399. The Labute approximate surface area is 166 Å². The number of hydrogen-bond donors (Lipinski definition) is 0. The molecule has 0 unspecified atom stereocenters. The number of para-hydroxylation sites is 2. The Bertz CT molecular complexity index is 1430. The second-order valence-corrected chi connectivity index (χ2v) is 8.18. The fraction of sp³-hybridized carbons (Fsp3) is 0.0476. The highest BCUT2D eigenvalue weighted by Crippen LogP contribution is 2.30. The summed E-state index contributed by atoms with van der Waals surface area (Å²) in [4.78, 5) is 18.1. The topological polar surface area (TPSA) is 47.5 Å². The van der Waals surface area contributed by atoms with Gasteiger partial charge in [-0.1, -0.05) is 45.5 Å². The number of halogens is 1. The number of aromatic nitrogens is 2. The van der Waals surface area contributed by atoms with Crippen molar-refractivity contribution in [3.05, 3.63) is 85.3 Å². The number of benzene rings is 2. The first-order valence-corrected chi connectivity index (χ1v) is 9.99. The first-order chi connectivity index (χ1) is 13.1. The van der Waals surface area contributed by atoms with Gasteiger partial charge in [0.2, 0.25) is 0 Å². The van der Waals surface area contributed by atoms with Crippen molar-refractivity contribution in [3.8, 4) is 11.3 Å². The maximum absolute atomic E-state index is 12.8. The summed E-state index contributed by atoms with van der Waals surface area (Å²) < 4.78 is 9.21. The van der Waals surface area contributed by atoms with Crippen molar-refractivity contribution in [3.63, 3.8) is 0 Å². The molecule has 4 nitrogen and oxygen atoms in total. The lowest BCUT2D eigenvalue weighted by Crippen LogP contribution is -2.22. The number of thiazole rings is 1. The van der Waals surface area contributed by atoms with E-state index in [-0.39, 0.29) is 5.56 Å². The van der Waals surface area contributed by atoms with E-state index in [4.69, 9.17) is 4.42 Å². The number of rotatable bonds is 2.